The van der Waals surface area contributed by atoms with Crippen LogP contribution in [0, 0.1) is 13.8 Å². The highest BCUT2D eigenvalue weighted by molar-refractivity contribution is 7.12. The first kappa shape index (κ1) is 15.1. The van der Waals surface area contributed by atoms with Crippen molar-refractivity contribution in [2.24, 2.45) is 0 Å². The molecule has 0 radical (unpaired) electrons. The van der Waals surface area contributed by atoms with Gasteiger partial charge in [0.25, 0.3) is 0 Å². The highest BCUT2D eigenvalue weighted by Gasteiger charge is 2.08. The normalized spacial score (nSPS) is 10.8. The van der Waals surface area contributed by atoms with Gasteiger partial charge < -0.3 is 10.2 Å². The van der Waals surface area contributed by atoms with Crippen LogP contribution in [0.2, 0.25) is 0 Å². The number of hydrogen-bond acceptors (Lipinski definition) is 3. The summed E-state index contributed by atoms with van der Waals surface area (Å²) in [5.41, 5.74) is 4.03. The van der Waals surface area contributed by atoms with Gasteiger partial charge in [0.2, 0.25) is 0 Å². The van der Waals surface area contributed by atoms with Crippen LogP contribution >= 0.6 is 11.3 Å². The van der Waals surface area contributed by atoms with Crippen LogP contribution < -0.4 is 10.2 Å². The zero-order valence-electron chi connectivity index (χ0n) is 12.9. The number of anilines is 1. The Labute approximate surface area is 126 Å². The van der Waals surface area contributed by atoms with Crippen LogP contribution in [0.1, 0.15) is 27.8 Å². The van der Waals surface area contributed by atoms with Crippen LogP contribution in [0.5, 0.6) is 0 Å². The third-order valence-electron chi connectivity index (χ3n) is 3.47. The second-order valence-corrected chi connectivity index (χ2v) is 6.61. The topological polar surface area (TPSA) is 15.3 Å². The fourth-order valence-electron chi connectivity index (χ4n) is 2.29. The van der Waals surface area contributed by atoms with Gasteiger partial charge in [-0.05, 0) is 49.7 Å². The van der Waals surface area contributed by atoms with Gasteiger partial charge in [0.1, 0.15) is 0 Å². The Morgan fingerprint density at radius 3 is 2.70 bits per heavy atom. The lowest BCUT2D eigenvalue weighted by Gasteiger charge is -2.19. The maximum atomic E-state index is 3.39. The molecule has 0 saturated carbocycles. The first-order valence-electron chi connectivity index (χ1n) is 7.17. The number of rotatable bonds is 6. The summed E-state index contributed by atoms with van der Waals surface area (Å²) in [4.78, 5) is 5.17. The zero-order valence-corrected chi connectivity index (χ0v) is 13.7. The molecule has 2 aromatic rings. The van der Waals surface area contributed by atoms with Gasteiger partial charge in [-0.3, -0.25) is 0 Å². The molecular weight excluding hydrogens is 264 g/mol. The van der Waals surface area contributed by atoms with Gasteiger partial charge in [-0.1, -0.05) is 19.1 Å². The predicted octanol–water partition coefficient (Wildman–Crippen LogP) is 4.11. The predicted molar refractivity (Wildman–Crippen MR) is 89.7 cm³/mol. The molecule has 0 bridgehead atoms. The van der Waals surface area contributed by atoms with E-state index in [0.29, 0.717) is 0 Å². The minimum atomic E-state index is 0.970. The van der Waals surface area contributed by atoms with Crippen molar-refractivity contribution in [3.63, 3.8) is 0 Å². The van der Waals surface area contributed by atoms with E-state index < -0.39 is 0 Å². The smallest absolute Gasteiger partial charge is 0.0437 e. The molecule has 20 heavy (non-hydrogen) atoms. The fourth-order valence-corrected chi connectivity index (χ4v) is 3.32. The van der Waals surface area contributed by atoms with E-state index in [4.69, 9.17) is 0 Å². The Balaban J connectivity index is 2.07. The van der Waals surface area contributed by atoms with Crippen molar-refractivity contribution < 1.29 is 0 Å². The van der Waals surface area contributed by atoms with E-state index in [-0.39, 0.29) is 0 Å². The second kappa shape index (κ2) is 6.91. The Morgan fingerprint density at radius 1 is 1.20 bits per heavy atom. The Kier molecular flexibility index (Phi) is 5.21. The average Bonchev–Trinajstić information content (AvgIpc) is 2.77. The number of nitrogens with one attached hydrogen (secondary N) is 1. The average molecular weight is 288 g/mol. The highest BCUT2D eigenvalue weighted by Crippen LogP contribution is 2.24. The van der Waals surface area contributed by atoms with Crippen LogP contribution in [0.4, 0.5) is 5.69 Å². The van der Waals surface area contributed by atoms with Gasteiger partial charge >= 0.3 is 0 Å². The van der Waals surface area contributed by atoms with E-state index in [1.165, 1.54) is 26.6 Å². The lowest BCUT2D eigenvalue weighted by Crippen LogP contribution is -2.16. The van der Waals surface area contributed by atoms with Crippen molar-refractivity contribution in [2.45, 2.75) is 33.9 Å². The molecule has 1 aromatic carbocycles. The van der Waals surface area contributed by atoms with Gasteiger partial charge in [-0.25, -0.2) is 0 Å². The van der Waals surface area contributed by atoms with Crippen LogP contribution in [-0.4, -0.2) is 13.6 Å². The number of hydrogen-bond donors (Lipinski definition) is 1. The van der Waals surface area contributed by atoms with Gasteiger partial charge in [-0.2, -0.15) is 0 Å². The van der Waals surface area contributed by atoms with Crippen molar-refractivity contribution >= 4 is 17.0 Å². The van der Waals surface area contributed by atoms with Gasteiger partial charge in [0.15, 0.2) is 0 Å². The van der Waals surface area contributed by atoms with E-state index in [2.05, 4.69) is 68.4 Å². The number of thiophene rings is 1. The third-order valence-corrected chi connectivity index (χ3v) is 4.56. The quantitative estimate of drug-likeness (QED) is 0.860. The second-order valence-electron chi connectivity index (χ2n) is 5.27. The van der Waals surface area contributed by atoms with E-state index in [0.717, 1.165) is 19.6 Å². The Morgan fingerprint density at radius 2 is 2.00 bits per heavy atom. The fraction of sp³-hybridized carbons (Fsp3) is 0.412. The molecule has 0 spiro atoms. The largest absolute Gasteiger partial charge is 0.370 e. The molecule has 0 aliphatic rings. The van der Waals surface area contributed by atoms with Crippen LogP contribution in [0.15, 0.2) is 30.3 Å². The van der Waals surface area contributed by atoms with Crippen molar-refractivity contribution in [1.29, 1.82) is 0 Å². The minimum Gasteiger partial charge on any atom is -0.370 e. The molecule has 2 rings (SSSR count). The summed E-state index contributed by atoms with van der Waals surface area (Å²) in [6.45, 7) is 9.48. The van der Waals surface area contributed by atoms with Crippen LogP contribution in [0.25, 0.3) is 0 Å². The van der Waals surface area contributed by atoms with Crippen molar-refractivity contribution in [1.82, 2.24) is 5.32 Å². The standard InChI is InChI=1S/C17H24N2S/c1-5-18-11-17-10-15(14(3)20-17)12-19(4)16-8-6-7-13(2)9-16/h6-10,18H,5,11-12H2,1-4H3. The molecule has 2 nitrogen and oxygen atoms in total. The van der Waals surface area contributed by atoms with Crippen LogP contribution in [0.3, 0.4) is 0 Å². The van der Waals surface area contributed by atoms with Crippen molar-refractivity contribution in [2.75, 3.05) is 18.5 Å². The van der Waals surface area contributed by atoms with Crippen molar-refractivity contribution in [3.8, 4) is 0 Å². The van der Waals surface area contributed by atoms with Crippen LogP contribution in [-0.2, 0) is 13.1 Å². The molecule has 0 saturated heterocycles. The number of aryl methyl sites for hydroxylation is 2. The molecule has 3 heteroatoms. The molecular formula is C17H24N2S. The maximum absolute atomic E-state index is 3.39. The molecule has 0 amide bonds. The molecule has 1 N–H and O–H groups in total. The first-order chi connectivity index (χ1) is 9.60. The third kappa shape index (κ3) is 3.84. The molecule has 0 aliphatic heterocycles. The molecule has 0 unspecified atom stereocenters. The van der Waals surface area contributed by atoms with Gasteiger partial charge in [0.05, 0.1) is 0 Å². The molecule has 0 fully saturated rings. The Hall–Kier alpha value is -1.32. The van der Waals surface area contributed by atoms with Crippen molar-refractivity contribution in [3.05, 3.63) is 51.2 Å². The van der Waals surface area contributed by atoms with E-state index in [1.54, 1.807) is 0 Å². The lowest BCUT2D eigenvalue weighted by molar-refractivity contribution is 0.735. The highest BCUT2D eigenvalue weighted by atomic mass is 32.1. The minimum absolute atomic E-state index is 0.970. The molecule has 1 aromatic heterocycles. The summed E-state index contributed by atoms with van der Waals surface area (Å²) in [5, 5.41) is 3.39. The molecule has 1 heterocycles. The molecule has 0 aliphatic carbocycles. The van der Waals surface area contributed by atoms with E-state index in [9.17, 15) is 0 Å². The zero-order chi connectivity index (χ0) is 14.5. The molecule has 108 valence electrons. The lowest BCUT2D eigenvalue weighted by atomic mass is 10.2. The maximum Gasteiger partial charge on any atom is 0.0437 e. The summed E-state index contributed by atoms with van der Waals surface area (Å²) < 4.78 is 0. The van der Waals surface area contributed by atoms with Gasteiger partial charge in [-0.15, -0.1) is 11.3 Å². The summed E-state index contributed by atoms with van der Waals surface area (Å²) in [6.07, 6.45) is 0. The summed E-state index contributed by atoms with van der Waals surface area (Å²) in [6, 6.07) is 11.0. The first-order valence-corrected chi connectivity index (χ1v) is 7.98. The number of nitrogens with zero attached hydrogens (tertiary/aromatic N) is 1. The van der Waals surface area contributed by atoms with E-state index in [1.807, 2.05) is 11.3 Å². The summed E-state index contributed by atoms with van der Waals surface area (Å²) in [7, 11) is 2.16. The Bertz CT molecular complexity index is 560. The SMILES string of the molecule is CCNCc1cc(CN(C)c2cccc(C)c2)c(C)s1. The number of benzene rings is 1. The monoisotopic (exact) mass is 288 g/mol. The van der Waals surface area contributed by atoms with E-state index >= 15 is 0 Å². The molecule has 0 atom stereocenters. The summed E-state index contributed by atoms with van der Waals surface area (Å²) in [5.74, 6) is 0. The van der Waals surface area contributed by atoms with Gasteiger partial charge in [0, 0.05) is 35.6 Å². The summed E-state index contributed by atoms with van der Waals surface area (Å²) >= 11 is 1.91.